The van der Waals surface area contributed by atoms with Gasteiger partial charge in [0.15, 0.2) is 11.5 Å². The van der Waals surface area contributed by atoms with Gasteiger partial charge in [-0.05, 0) is 47.0 Å². The van der Waals surface area contributed by atoms with Gasteiger partial charge in [-0.1, -0.05) is 72.8 Å². The van der Waals surface area contributed by atoms with E-state index in [9.17, 15) is 13.2 Å². The van der Waals surface area contributed by atoms with Crippen LogP contribution in [-0.2, 0) is 19.4 Å². The van der Waals surface area contributed by atoms with Crippen molar-refractivity contribution in [3.8, 4) is 11.5 Å². The van der Waals surface area contributed by atoms with Gasteiger partial charge < -0.3 is 9.47 Å². The van der Waals surface area contributed by atoms with Gasteiger partial charge in [-0.25, -0.2) is 0 Å². The van der Waals surface area contributed by atoms with Gasteiger partial charge in [-0.2, -0.15) is 18.3 Å². The van der Waals surface area contributed by atoms with Gasteiger partial charge in [0.2, 0.25) is 0 Å². The maximum absolute atomic E-state index is 13.2. The van der Waals surface area contributed by atoms with E-state index in [1.807, 2.05) is 60.7 Å². The maximum Gasteiger partial charge on any atom is 0.418 e. The number of ether oxygens (including phenoxy) is 2. The predicted octanol–water partition coefficient (Wildman–Crippen LogP) is 7.31. The molecule has 0 atom stereocenters. The zero-order valence-electron chi connectivity index (χ0n) is 18.7. The Morgan fingerprint density at radius 1 is 0.686 bits per heavy atom. The van der Waals surface area contributed by atoms with Crippen LogP contribution in [0.2, 0.25) is 0 Å². The van der Waals surface area contributed by atoms with Crippen molar-refractivity contribution in [2.24, 2.45) is 5.10 Å². The molecule has 35 heavy (non-hydrogen) atoms. The van der Waals surface area contributed by atoms with E-state index in [1.165, 1.54) is 24.4 Å². The van der Waals surface area contributed by atoms with Crippen LogP contribution in [0.15, 0.2) is 108 Å². The van der Waals surface area contributed by atoms with Crippen molar-refractivity contribution in [3.05, 3.63) is 125 Å². The number of hydrogen-bond acceptors (Lipinski definition) is 4. The van der Waals surface area contributed by atoms with E-state index in [1.54, 1.807) is 18.2 Å². The number of para-hydroxylation sites is 1. The standard InChI is InChI=1S/C28H23F3N2O2/c29-28(30,31)24-13-7-8-14-25(24)33-32-18-23-15-16-26(34-19-21-9-3-1-4-10-21)27(17-23)35-20-22-11-5-2-6-12-22/h1-18,33H,19-20H2. The first kappa shape index (κ1) is 23.9. The van der Waals surface area contributed by atoms with E-state index >= 15 is 0 Å². The van der Waals surface area contributed by atoms with Gasteiger partial charge in [0.25, 0.3) is 0 Å². The van der Waals surface area contributed by atoms with E-state index in [0.717, 1.165) is 17.2 Å². The Morgan fingerprint density at radius 2 is 1.26 bits per heavy atom. The van der Waals surface area contributed by atoms with Gasteiger partial charge in [0.05, 0.1) is 17.5 Å². The smallest absolute Gasteiger partial charge is 0.418 e. The third-order valence-corrected chi connectivity index (χ3v) is 5.07. The quantitative estimate of drug-likeness (QED) is 0.203. The summed E-state index contributed by atoms with van der Waals surface area (Å²) in [5.41, 5.74) is 4.22. The predicted molar refractivity (Wildman–Crippen MR) is 131 cm³/mol. The number of alkyl halides is 3. The van der Waals surface area contributed by atoms with Crippen LogP contribution in [0, 0.1) is 0 Å². The molecule has 1 N–H and O–H groups in total. The topological polar surface area (TPSA) is 42.9 Å². The monoisotopic (exact) mass is 476 g/mol. The Balaban J connectivity index is 1.51. The summed E-state index contributed by atoms with van der Waals surface area (Å²) in [5.74, 6) is 1.06. The molecular weight excluding hydrogens is 453 g/mol. The van der Waals surface area contributed by atoms with Gasteiger partial charge >= 0.3 is 6.18 Å². The summed E-state index contributed by atoms with van der Waals surface area (Å²) in [6, 6.07) is 29.9. The zero-order valence-corrected chi connectivity index (χ0v) is 18.7. The van der Waals surface area contributed by atoms with Gasteiger partial charge in [0, 0.05) is 0 Å². The summed E-state index contributed by atoms with van der Waals surface area (Å²) in [6.07, 6.45) is -3.04. The second-order valence-corrected chi connectivity index (χ2v) is 7.67. The molecule has 0 amide bonds. The highest BCUT2D eigenvalue weighted by atomic mass is 19.4. The second-order valence-electron chi connectivity index (χ2n) is 7.67. The van der Waals surface area contributed by atoms with E-state index in [0.29, 0.717) is 30.3 Å². The lowest BCUT2D eigenvalue weighted by Gasteiger charge is -2.14. The fraction of sp³-hybridized carbons (Fsp3) is 0.107. The Labute approximate surface area is 201 Å². The van der Waals surface area contributed by atoms with E-state index in [-0.39, 0.29) is 5.69 Å². The first-order valence-corrected chi connectivity index (χ1v) is 10.9. The molecule has 4 aromatic carbocycles. The van der Waals surface area contributed by atoms with Gasteiger partial charge in [-0.15, -0.1) is 0 Å². The number of nitrogens with one attached hydrogen (secondary N) is 1. The summed E-state index contributed by atoms with van der Waals surface area (Å²) in [7, 11) is 0. The minimum absolute atomic E-state index is 0.125. The highest BCUT2D eigenvalue weighted by molar-refractivity contribution is 5.81. The van der Waals surface area contributed by atoms with Gasteiger partial charge in [-0.3, -0.25) is 5.43 Å². The Morgan fingerprint density at radius 3 is 1.89 bits per heavy atom. The number of hydrogen-bond donors (Lipinski definition) is 1. The number of anilines is 1. The molecule has 0 aromatic heterocycles. The Hall–Kier alpha value is -4.26. The Kier molecular flexibility index (Phi) is 7.67. The molecule has 7 heteroatoms. The molecule has 0 saturated heterocycles. The van der Waals surface area contributed by atoms with Crippen molar-refractivity contribution in [1.29, 1.82) is 0 Å². The summed E-state index contributed by atoms with van der Waals surface area (Å²) < 4.78 is 51.6. The lowest BCUT2D eigenvalue weighted by atomic mass is 10.2. The molecule has 4 aromatic rings. The van der Waals surface area contributed by atoms with Crippen LogP contribution >= 0.6 is 0 Å². The second kappa shape index (κ2) is 11.2. The van der Waals surface area contributed by atoms with Crippen molar-refractivity contribution in [1.82, 2.24) is 0 Å². The molecular formula is C28H23F3N2O2. The van der Waals surface area contributed by atoms with E-state index in [2.05, 4.69) is 10.5 Å². The molecule has 0 unspecified atom stereocenters. The van der Waals surface area contributed by atoms with E-state index in [4.69, 9.17) is 9.47 Å². The zero-order chi connectivity index (χ0) is 24.5. The van der Waals surface area contributed by atoms with Crippen LogP contribution in [-0.4, -0.2) is 6.21 Å². The summed E-state index contributed by atoms with van der Waals surface area (Å²) in [5, 5.41) is 4.00. The Bertz CT molecular complexity index is 1260. The molecule has 0 aliphatic carbocycles. The average molecular weight is 476 g/mol. The van der Waals surface area contributed by atoms with Crippen LogP contribution in [0.1, 0.15) is 22.3 Å². The summed E-state index contributed by atoms with van der Waals surface area (Å²) in [6.45, 7) is 0.700. The fourth-order valence-corrected chi connectivity index (χ4v) is 3.31. The lowest BCUT2D eigenvalue weighted by molar-refractivity contribution is -0.136. The number of rotatable bonds is 9. The summed E-state index contributed by atoms with van der Waals surface area (Å²) in [4.78, 5) is 0. The molecule has 0 saturated carbocycles. The molecule has 4 rings (SSSR count). The first-order valence-electron chi connectivity index (χ1n) is 10.9. The molecule has 0 fully saturated rings. The SMILES string of the molecule is FC(F)(F)c1ccccc1NN=Cc1ccc(OCc2ccccc2)c(OCc2ccccc2)c1. The van der Waals surface area contributed by atoms with Crippen LogP contribution < -0.4 is 14.9 Å². The van der Waals surface area contributed by atoms with Crippen LogP contribution in [0.5, 0.6) is 11.5 Å². The number of nitrogens with zero attached hydrogens (tertiary/aromatic N) is 1. The molecule has 0 radical (unpaired) electrons. The van der Waals surface area contributed by atoms with Crippen molar-refractivity contribution in [2.45, 2.75) is 19.4 Å². The van der Waals surface area contributed by atoms with Crippen molar-refractivity contribution >= 4 is 11.9 Å². The number of halogens is 3. The molecule has 4 nitrogen and oxygen atoms in total. The fourth-order valence-electron chi connectivity index (χ4n) is 3.31. The molecule has 0 bridgehead atoms. The third-order valence-electron chi connectivity index (χ3n) is 5.07. The minimum Gasteiger partial charge on any atom is -0.485 e. The normalized spacial score (nSPS) is 11.4. The van der Waals surface area contributed by atoms with Crippen molar-refractivity contribution in [3.63, 3.8) is 0 Å². The molecule has 0 aliphatic heterocycles. The molecule has 178 valence electrons. The molecule has 0 aliphatic rings. The van der Waals surface area contributed by atoms with Crippen molar-refractivity contribution < 1.29 is 22.6 Å². The highest BCUT2D eigenvalue weighted by Crippen LogP contribution is 2.34. The summed E-state index contributed by atoms with van der Waals surface area (Å²) >= 11 is 0. The van der Waals surface area contributed by atoms with Crippen LogP contribution in [0.4, 0.5) is 18.9 Å². The van der Waals surface area contributed by atoms with E-state index < -0.39 is 11.7 Å². The number of hydrazone groups is 1. The highest BCUT2D eigenvalue weighted by Gasteiger charge is 2.33. The minimum atomic E-state index is -4.48. The molecule has 0 spiro atoms. The maximum atomic E-state index is 13.2. The van der Waals surface area contributed by atoms with Crippen molar-refractivity contribution in [2.75, 3.05) is 5.43 Å². The lowest BCUT2D eigenvalue weighted by Crippen LogP contribution is -2.08. The third kappa shape index (κ3) is 6.86. The molecule has 0 heterocycles. The average Bonchev–Trinajstić information content (AvgIpc) is 2.88. The number of benzene rings is 4. The van der Waals surface area contributed by atoms with Crippen LogP contribution in [0.25, 0.3) is 0 Å². The van der Waals surface area contributed by atoms with Crippen LogP contribution in [0.3, 0.4) is 0 Å². The first-order chi connectivity index (χ1) is 17.0. The van der Waals surface area contributed by atoms with Gasteiger partial charge in [0.1, 0.15) is 13.2 Å². The largest absolute Gasteiger partial charge is 0.485 e.